The molecule has 15 heavy (non-hydrogen) atoms. The maximum atomic E-state index is 10.7. The number of carboxylic acid groups (broad SMARTS) is 1. The van der Waals surface area contributed by atoms with Gasteiger partial charge < -0.3 is 16.2 Å². The number of rotatable bonds is 3. The molecule has 0 saturated heterocycles. The summed E-state index contributed by atoms with van der Waals surface area (Å²) in [5, 5.41) is 12.0. The molecule has 1 aliphatic rings. The van der Waals surface area contributed by atoms with E-state index >= 15 is 0 Å². The molecular formula is C11H14N2O2. The number of nitrogens with two attached hydrogens (primary N) is 1. The number of para-hydroxylation sites is 1. The van der Waals surface area contributed by atoms with Crippen LogP contribution in [0.4, 0.5) is 5.69 Å². The first-order valence-electron chi connectivity index (χ1n) is 4.99. The van der Waals surface area contributed by atoms with Crippen LogP contribution in [0, 0.1) is 0 Å². The van der Waals surface area contributed by atoms with Crippen LogP contribution in [0.15, 0.2) is 24.3 Å². The van der Waals surface area contributed by atoms with Gasteiger partial charge in [-0.2, -0.15) is 0 Å². The van der Waals surface area contributed by atoms with Crippen LogP contribution in [-0.4, -0.2) is 23.7 Å². The van der Waals surface area contributed by atoms with Crippen LogP contribution in [0.25, 0.3) is 0 Å². The molecule has 1 aliphatic heterocycles. The van der Waals surface area contributed by atoms with Gasteiger partial charge in [-0.05, 0) is 18.1 Å². The molecule has 0 unspecified atom stereocenters. The molecule has 2 rings (SSSR count). The Morgan fingerprint density at radius 2 is 2.33 bits per heavy atom. The van der Waals surface area contributed by atoms with Crippen molar-refractivity contribution in [1.82, 2.24) is 0 Å². The number of carbonyl (C=O) groups is 1. The number of benzene rings is 1. The largest absolute Gasteiger partial charge is 0.480 e. The summed E-state index contributed by atoms with van der Waals surface area (Å²) in [5.74, 6) is -0.716. The summed E-state index contributed by atoms with van der Waals surface area (Å²) in [6.45, 7) is 0.778. The van der Waals surface area contributed by atoms with Crippen LogP contribution in [0.5, 0.6) is 0 Å². The van der Waals surface area contributed by atoms with E-state index in [1.54, 1.807) is 0 Å². The fourth-order valence-electron chi connectivity index (χ4n) is 1.97. The van der Waals surface area contributed by atoms with Gasteiger partial charge in [-0.15, -0.1) is 0 Å². The van der Waals surface area contributed by atoms with Crippen LogP contribution in [0.2, 0.25) is 0 Å². The van der Waals surface area contributed by atoms with E-state index in [-0.39, 0.29) is 5.92 Å². The molecule has 0 aromatic heterocycles. The highest BCUT2D eigenvalue weighted by Crippen LogP contribution is 2.33. The number of nitrogens with one attached hydrogen (secondary N) is 1. The van der Waals surface area contributed by atoms with Crippen LogP contribution < -0.4 is 11.1 Å². The number of hydrogen-bond acceptors (Lipinski definition) is 3. The Bertz CT molecular complexity index is 379. The smallest absolute Gasteiger partial charge is 0.320 e. The topological polar surface area (TPSA) is 75.3 Å². The second-order valence-corrected chi connectivity index (χ2v) is 3.85. The fraction of sp³-hybridized carbons (Fsp3) is 0.364. The van der Waals surface area contributed by atoms with E-state index in [9.17, 15) is 4.79 Å². The average molecular weight is 206 g/mol. The Balaban J connectivity index is 2.11. The van der Waals surface area contributed by atoms with E-state index in [1.165, 1.54) is 5.56 Å². The molecule has 1 aromatic rings. The number of fused-ring (bicyclic) bond motifs is 1. The van der Waals surface area contributed by atoms with Crippen LogP contribution in [-0.2, 0) is 4.79 Å². The SMILES string of the molecule is N[C@@H](C[C@H]1CNc2ccccc21)C(=O)O. The Morgan fingerprint density at radius 1 is 1.60 bits per heavy atom. The van der Waals surface area contributed by atoms with Crippen LogP contribution >= 0.6 is 0 Å². The lowest BCUT2D eigenvalue weighted by molar-refractivity contribution is -0.138. The predicted molar refractivity (Wildman–Crippen MR) is 57.9 cm³/mol. The zero-order valence-electron chi connectivity index (χ0n) is 8.31. The molecule has 0 bridgehead atoms. The van der Waals surface area contributed by atoms with Gasteiger partial charge in [0.1, 0.15) is 6.04 Å². The quantitative estimate of drug-likeness (QED) is 0.689. The van der Waals surface area contributed by atoms with Crippen molar-refractivity contribution in [3.05, 3.63) is 29.8 Å². The van der Waals surface area contributed by atoms with Crippen molar-refractivity contribution in [2.75, 3.05) is 11.9 Å². The van der Waals surface area contributed by atoms with Gasteiger partial charge in [-0.3, -0.25) is 4.79 Å². The molecule has 1 aromatic carbocycles. The number of carboxylic acids is 1. The van der Waals surface area contributed by atoms with E-state index in [0.29, 0.717) is 6.42 Å². The molecule has 4 N–H and O–H groups in total. The Kier molecular flexibility index (Phi) is 2.60. The van der Waals surface area contributed by atoms with Gasteiger partial charge >= 0.3 is 5.97 Å². The maximum absolute atomic E-state index is 10.7. The molecule has 1 heterocycles. The molecule has 0 aliphatic carbocycles. The van der Waals surface area contributed by atoms with Gasteiger partial charge in [0.05, 0.1) is 0 Å². The minimum absolute atomic E-state index is 0.215. The van der Waals surface area contributed by atoms with E-state index in [2.05, 4.69) is 5.32 Å². The summed E-state index contributed by atoms with van der Waals surface area (Å²) in [6, 6.07) is 7.18. The van der Waals surface area contributed by atoms with Gasteiger partial charge in [-0.25, -0.2) is 0 Å². The predicted octanol–water partition coefficient (Wildman–Crippen LogP) is 0.998. The number of aliphatic carboxylic acids is 1. The average Bonchev–Trinajstić information content (AvgIpc) is 2.62. The van der Waals surface area contributed by atoms with Gasteiger partial charge in [-0.1, -0.05) is 18.2 Å². The normalized spacial score (nSPS) is 20.5. The zero-order valence-corrected chi connectivity index (χ0v) is 8.31. The summed E-state index contributed by atoms with van der Waals surface area (Å²) >= 11 is 0. The molecule has 4 heteroatoms. The third-order valence-electron chi connectivity index (χ3n) is 2.80. The molecule has 0 amide bonds. The molecule has 0 spiro atoms. The monoisotopic (exact) mass is 206 g/mol. The van der Waals surface area contributed by atoms with Gasteiger partial charge in [0.2, 0.25) is 0 Å². The molecule has 80 valence electrons. The van der Waals surface area contributed by atoms with Crippen molar-refractivity contribution in [3.63, 3.8) is 0 Å². The van der Waals surface area contributed by atoms with Crippen molar-refractivity contribution >= 4 is 11.7 Å². The van der Waals surface area contributed by atoms with Crippen molar-refractivity contribution in [2.45, 2.75) is 18.4 Å². The Hall–Kier alpha value is -1.55. The van der Waals surface area contributed by atoms with Crippen molar-refractivity contribution in [1.29, 1.82) is 0 Å². The molecule has 0 radical (unpaired) electrons. The summed E-state index contributed by atoms with van der Waals surface area (Å²) < 4.78 is 0. The summed E-state index contributed by atoms with van der Waals surface area (Å²) in [6.07, 6.45) is 0.485. The number of anilines is 1. The first-order chi connectivity index (χ1) is 7.18. The fourth-order valence-corrected chi connectivity index (χ4v) is 1.97. The summed E-state index contributed by atoms with van der Waals surface area (Å²) in [7, 11) is 0. The highest BCUT2D eigenvalue weighted by atomic mass is 16.4. The van der Waals surface area contributed by atoms with E-state index in [4.69, 9.17) is 10.8 Å². The molecule has 2 atom stereocenters. The summed E-state index contributed by atoms with van der Waals surface area (Å²) in [5.41, 5.74) is 7.80. The summed E-state index contributed by atoms with van der Waals surface area (Å²) in [4.78, 5) is 10.7. The van der Waals surface area contributed by atoms with E-state index in [1.807, 2.05) is 24.3 Å². The highest BCUT2D eigenvalue weighted by molar-refractivity contribution is 5.73. The first-order valence-corrected chi connectivity index (χ1v) is 4.99. The molecular weight excluding hydrogens is 192 g/mol. The zero-order chi connectivity index (χ0) is 10.8. The first kappa shape index (κ1) is 9.98. The van der Waals surface area contributed by atoms with Gasteiger partial charge in [0, 0.05) is 18.2 Å². The highest BCUT2D eigenvalue weighted by Gasteiger charge is 2.25. The van der Waals surface area contributed by atoms with Crippen molar-refractivity contribution < 1.29 is 9.90 Å². The van der Waals surface area contributed by atoms with E-state index < -0.39 is 12.0 Å². The van der Waals surface area contributed by atoms with Gasteiger partial charge in [0.25, 0.3) is 0 Å². The lowest BCUT2D eigenvalue weighted by Gasteiger charge is -2.12. The maximum Gasteiger partial charge on any atom is 0.320 e. The van der Waals surface area contributed by atoms with Crippen molar-refractivity contribution in [3.8, 4) is 0 Å². The molecule has 0 fully saturated rings. The number of hydrogen-bond donors (Lipinski definition) is 3. The Morgan fingerprint density at radius 3 is 3.07 bits per heavy atom. The van der Waals surface area contributed by atoms with E-state index in [0.717, 1.165) is 12.2 Å². The standard InChI is InChI=1S/C11H14N2O2/c12-9(11(14)15)5-7-6-13-10-4-2-1-3-8(7)10/h1-4,7,9,13H,5-6,12H2,(H,14,15)/t7-,9-/m0/s1. The molecule has 4 nitrogen and oxygen atoms in total. The molecule has 0 saturated carbocycles. The minimum atomic E-state index is -0.931. The second-order valence-electron chi connectivity index (χ2n) is 3.85. The van der Waals surface area contributed by atoms with Crippen molar-refractivity contribution in [2.24, 2.45) is 5.73 Å². The Labute approximate surface area is 88.1 Å². The van der Waals surface area contributed by atoms with Crippen LogP contribution in [0.3, 0.4) is 0 Å². The lowest BCUT2D eigenvalue weighted by Crippen LogP contribution is -2.32. The lowest BCUT2D eigenvalue weighted by atomic mass is 9.94. The third kappa shape index (κ3) is 1.94. The van der Waals surface area contributed by atoms with Crippen LogP contribution in [0.1, 0.15) is 17.9 Å². The third-order valence-corrected chi connectivity index (χ3v) is 2.80. The minimum Gasteiger partial charge on any atom is -0.480 e. The second kappa shape index (κ2) is 3.90. The van der Waals surface area contributed by atoms with Gasteiger partial charge in [0.15, 0.2) is 0 Å².